The Morgan fingerprint density at radius 2 is 1.84 bits per heavy atom. The lowest BCUT2D eigenvalue weighted by molar-refractivity contribution is -0.154. The van der Waals surface area contributed by atoms with Crippen LogP contribution in [0.15, 0.2) is 0 Å². The highest BCUT2D eigenvalue weighted by atomic mass is 16.4. The van der Waals surface area contributed by atoms with Crippen molar-refractivity contribution in [2.45, 2.75) is 19.3 Å². The van der Waals surface area contributed by atoms with Gasteiger partial charge in [0.15, 0.2) is 0 Å². The molecule has 1 aliphatic carbocycles. The summed E-state index contributed by atoms with van der Waals surface area (Å²) >= 11 is 0. The number of rotatable bonds is 4. The molecular weight excluding hydrogens is 248 g/mol. The third kappa shape index (κ3) is 2.43. The predicted octanol–water partition coefficient (Wildman–Crippen LogP) is -0.212. The zero-order valence-electron chi connectivity index (χ0n) is 10.7. The number of aliphatic carboxylic acids is 1. The molecule has 0 bridgehead atoms. The molecule has 19 heavy (non-hydrogen) atoms. The number of nitrogens with zero attached hydrogens (tertiary/aromatic N) is 2. The average molecular weight is 266 g/mol. The molecule has 6 nitrogen and oxygen atoms in total. The van der Waals surface area contributed by atoms with Crippen LogP contribution < -0.4 is 0 Å². The Morgan fingerprint density at radius 3 is 2.42 bits per heavy atom. The zero-order chi connectivity index (χ0) is 13.6. The van der Waals surface area contributed by atoms with E-state index in [4.69, 9.17) is 5.11 Å². The Balaban J connectivity index is 1.51. The minimum atomic E-state index is -0.845. The van der Waals surface area contributed by atoms with Crippen LogP contribution in [-0.2, 0) is 14.4 Å². The molecule has 0 radical (unpaired) electrons. The molecule has 1 atom stereocenters. The molecule has 0 spiro atoms. The molecule has 2 amide bonds. The summed E-state index contributed by atoms with van der Waals surface area (Å²) in [5.74, 6) is -0.880. The highest BCUT2D eigenvalue weighted by molar-refractivity contribution is 5.90. The van der Waals surface area contributed by atoms with Crippen molar-refractivity contribution in [2.75, 3.05) is 26.2 Å². The molecule has 0 aromatic heterocycles. The van der Waals surface area contributed by atoms with Crippen molar-refractivity contribution in [2.24, 2.45) is 17.8 Å². The molecule has 0 aromatic rings. The molecule has 1 saturated carbocycles. The van der Waals surface area contributed by atoms with E-state index in [1.54, 1.807) is 9.80 Å². The summed E-state index contributed by atoms with van der Waals surface area (Å²) in [5.41, 5.74) is 0. The van der Waals surface area contributed by atoms with Gasteiger partial charge in [-0.25, -0.2) is 0 Å². The number of carbonyl (C=O) groups is 3. The summed E-state index contributed by atoms with van der Waals surface area (Å²) in [6.45, 7) is 1.89. The van der Waals surface area contributed by atoms with Gasteiger partial charge in [-0.15, -0.1) is 0 Å². The van der Waals surface area contributed by atoms with Gasteiger partial charge in [-0.2, -0.15) is 0 Å². The van der Waals surface area contributed by atoms with Crippen molar-refractivity contribution < 1.29 is 19.5 Å². The number of carboxylic acids is 1. The van der Waals surface area contributed by atoms with Gasteiger partial charge in [0.1, 0.15) is 0 Å². The standard InChI is InChI=1S/C13H18N2O4/c16-11-3-9(5-14(11)4-8-1-2-8)12(17)15-6-10(7-15)13(18)19/h8-10H,1-7H2,(H,18,19). The Bertz CT molecular complexity index is 426. The number of carboxylic acid groups (broad SMARTS) is 1. The number of hydrogen-bond donors (Lipinski definition) is 1. The van der Waals surface area contributed by atoms with E-state index in [0.29, 0.717) is 32.0 Å². The van der Waals surface area contributed by atoms with Crippen molar-refractivity contribution in [3.8, 4) is 0 Å². The van der Waals surface area contributed by atoms with Crippen LogP contribution in [0.2, 0.25) is 0 Å². The molecule has 3 rings (SSSR count). The summed E-state index contributed by atoms with van der Waals surface area (Å²) in [6, 6.07) is 0. The third-order valence-electron chi connectivity index (χ3n) is 4.28. The summed E-state index contributed by atoms with van der Waals surface area (Å²) < 4.78 is 0. The fraction of sp³-hybridized carbons (Fsp3) is 0.769. The molecule has 2 saturated heterocycles. The lowest BCUT2D eigenvalue weighted by Gasteiger charge is -2.38. The van der Waals surface area contributed by atoms with Crippen molar-refractivity contribution in [1.29, 1.82) is 0 Å². The fourth-order valence-electron chi connectivity index (χ4n) is 2.80. The van der Waals surface area contributed by atoms with E-state index in [-0.39, 0.29) is 17.7 Å². The van der Waals surface area contributed by atoms with Crippen LogP contribution in [0.1, 0.15) is 19.3 Å². The van der Waals surface area contributed by atoms with Crippen LogP contribution in [0, 0.1) is 17.8 Å². The summed E-state index contributed by atoms with van der Waals surface area (Å²) in [4.78, 5) is 38.0. The molecule has 2 aliphatic heterocycles. The van der Waals surface area contributed by atoms with E-state index < -0.39 is 11.9 Å². The first-order valence-corrected chi connectivity index (χ1v) is 6.84. The van der Waals surface area contributed by atoms with Gasteiger partial charge in [0.2, 0.25) is 11.8 Å². The number of carbonyl (C=O) groups excluding carboxylic acids is 2. The molecule has 1 unspecified atom stereocenters. The topological polar surface area (TPSA) is 77.9 Å². The molecule has 6 heteroatoms. The molecule has 104 valence electrons. The van der Waals surface area contributed by atoms with E-state index in [9.17, 15) is 14.4 Å². The van der Waals surface area contributed by atoms with Gasteiger partial charge in [-0.3, -0.25) is 14.4 Å². The van der Waals surface area contributed by atoms with E-state index in [2.05, 4.69) is 0 Å². The number of likely N-dealkylation sites (tertiary alicyclic amines) is 2. The number of amides is 2. The highest BCUT2D eigenvalue weighted by Crippen LogP contribution is 2.32. The van der Waals surface area contributed by atoms with E-state index in [1.807, 2.05) is 0 Å². The second kappa shape index (κ2) is 4.51. The Labute approximate surface area is 111 Å². The van der Waals surface area contributed by atoms with Crippen LogP contribution in [0.5, 0.6) is 0 Å². The van der Waals surface area contributed by atoms with Gasteiger partial charge in [-0.1, -0.05) is 0 Å². The maximum absolute atomic E-state index is 12.1. The zero-order valence-corrected chi connectivity index (χ0v) is 10.7. The minimum Gasteiger partial charge on any atom is -0.481 e. The first-order valence-electron chi connectivity index (χ1n) is 6.84. The van der Waals surface area contributed by atoms with Crippen LogP contribution in [0.4, 0.5) is 0 Å². The first-order chi connectivity index (χ1) is 9.04. The van der Waals surface area contributed by atoms with Crippen LogP contribution in [0.3, 0.4) is 0 Å². The van der Waals surface area contributed by atoms with Crippen molar-refractivity contribution in [3.63, 3.8) is 0 Å². The smallest absolute Gasteiger partial charge is 0.310 e. The Kier molecular flexibility index (Phi) is 2.95. The van der Waals surface area contributed by atoms with Gasteiger partial charge in [0, 0.05) is 32.6 Å². The Morgan fingerprint density at radius 1 is 1.16 bits per heavy atom. The van der Waals surface area contributed by atoms with Crippen LogP contribution in [-0.4, -0.2) is 58.9 Å². The second-order valence-electron chi connectivity index (χ2n) is 5.92. The quantitative estimate of drug-likeness (QED) is 0.763. The van der Waals surface area contributed by atoms with Crippen molar-refractivity contribution in [3.05, 3.63) is 0 Å². The fourth-order valence-corrected chi connectivity index (χ4v) is 2.80. The first kappa shape index (κ1) is 12.4. The normalized spacial score (nSPS) is 27.6. The highest BCUT2D eigenvalue weighted by Gasteiger charge is 2.43. The van der Waals surface area contributed by atoms with Gasteiger partial charge in [0.25, 0.3) is 0 Å². The molecular formula is C13H18N2O4. The average Bonchev–Trinajstić information content (AvgIpc) is 3.00. The van der Waals surface area contributed by atoms with Crippen LogP contribution >= 0.6 is 0 Å². The predicted molar refractivity (Wildman–Crippen MR) is 65.1 cm³/mol. The summed E-state index contributed by atoms with van der Waals surface area (Å²) in [5, 5.41) is 8.79. The van der Waals surface area contributed by atoms with Crippen LogP contribution in [0.25, 0.3) is 0 Å². The maximum Gasteiger partial charge on any atom is 0.310 e. The largest absolute Gasteiger partial charge is 0.481 e. The second-order valence-corrected chi connectivity index (χ2v) is 5.92. The van der Waals surface area contributed by atoms with Gasteiger partial charge in [-0.05, 0) is 18.8 Å². The van der Waals surface area contributed by atoms with Gasteiger partial charge in [0.05, 0.1) is 11.8 Å². The molecule has 1 N–H and O–H groups in total. The SMILES string of the molecule is O=C(O)C1CN(C(=O)C2CC(=O)N(CC3CC3)C2)C1. The van der Waals surface area contributed by atoms with Crippen molar-refractivity contribution in [1.82, 2.24) is 9.80 Å². The number of hydrogen-bond acceptors (Lipinski definition) is 3. The molecule has 0 aromatic carbocycles. The molecule has 3 fully saturated rings. The monoisotopic (exact) mass is 266 g/mol. The lowest BCUT2D eigenvalue weighted by Crippen LogP contribution is -2.55. The van der Waals surface area contributed by atoms with E-state index in [0.717, 1.165) is 6.54 Å². The van der Waals surface area contributed by atoms with Gasteiger partial charge >= 0.3 is 5.97 Å². The van der Waals surface area contributed by atoms with Crippen molar-refractivity contribution >= 4 is 17.8 Å². The third-order valence-corrected chi connectivity index (χ3v) is 4.28. The van der Waals surface area contributed by atoms with E-state index >= 15 is 0 Å². The lowest BCUT2D eigenvalue weighted by atomic mass is 9.97. The molecule has 3 aliphatic rings. The maximum atomic E-state index is 12.1. The van der Waals surface area contributed by atoms with E-state index in [1.165, 1.54) is 12.8 Å². The van der Waals surface area contributed by atoms with Gasteiger partial charge < -0.3 is 14.9 Å². The molecule has 2 heterocycles. The summed E-state index contributed by atoms with van der Waals surface area (Å²) in [7, 11) is 0. The summed E-state index contributed by atoms with van der Waals surface area (Å²) in [6.07, 6.45) is 2.67. The minimum absolute atomic E-state index is 0.0517. The Hall–Kier alpha value is -1.59.